The molecule has 1 aliphatic rings. The molecule has 0 N–H and O–H groups in total. The van der Waals surface area contributed by atoms with Crippen molar-refractivity contribution in [3.63, 3.8) is 0 Å². The maximum absolute atomic E-state index is 9.04. The van der Waals surface area contributed by atoms with Gasteiger partial charge in [-0.2, -0.15) is 5.26 Å². The topological polar surface area (TPSA) is 41.6 Å². The van der Waals surface area contributed by atoms with Gasteiger partial charge in [0, 0.05) is 28.3 Å². The van der Waals surface area contributed by atoms with E-state index in [1.165, 1.54) is 12.8 Å². The molecule has 0 saturated heterocycles. The fourth-order valence-corrected chi connectivity index (χ4v) is 2.16. The molecule has 2 aromatic rings. The van der Waals surface area contributed by atoms with E-state index in [0.717, 1.165) is 15.5 Å². The lowest BCUT2D eigenvalue weighted by molar-refractivity contribution is 0.765. The summed E-state index contributed by atoms with van der Waals surface area (Å²) >= 11 is 3.38. The normalized spacial score (nSPS) is 15.5. The van der Waals surface area contributed by atoms with Crippen molar-refractivity contribution in [2.75, 3.05) is 0 Å². The Morgan fingerprint density at radius 1 is 1.53 bits per heavy atom. The molecule has 74 valence electrons. The minimum atomic E-state index is 0.559. The van der Waals surface area contributed by atoms with Crippen LogP contribution in [0.1, 0.15) is 24.4 Å². The SMILES string of the molecule is N#Cc1cn(C2CC2)c2ncc(Br)cc12. The zero-order valence-corrected chi connectivity index (χ0v) is 9.53. The average Bonchev–Trinajstić information content (AvgIpc) is 3.01. The highest BCUT2D eigenvalue weighted by Gasteiger charge is 2.26. The second-order valence-electron chi connectivity index (χ2n) is 3.82. The number of hydrogen-bond donors (Lipinski definition) is 0. The van der Waals surface area contributed by atoms with Crippen molar-refractivity contribution in [2.24, 2.45) is 0 Å². The molecule has 1 aliphatic carbocycles. The molecule has 3 nitrogen and oxygen atoms in total. The zero-order valence-electron chi connectivity index (χ0n) is 7.94. The molecule has 0 bridgehead atoms. The molecule has 0 amide bonds. The lowest BCUT2D eigenvalue weighted by Crippen LogP contribution is -1.92. The Kier molecular flexibility index (Phi) is 1.83. The van der Waals surface area contributed by atoms with E-state index in [-0.39, 0.29) is 0 Å². The maximum atomic E-state index is 9.04. The van der Waals surface area contributed by atoms with Crippen LogP contribution in [0.25, 0.3) is 11.0 Å². The highest BCUT2D eigenvalue weighted by molar-refractivity contribution is 9.10. The second kappa shape index (κ2) is 3.07. The van der Waals surface area contributed by atoms with Crippen LogP contribution in [0.15, 0.2) is 22.9 Å². The first-order valence-electron chi connectivity index (χ1n) is 4.86. The first kappa shape index (κ1) is 8.93. The lowest BCUT2D eigenvalue weighted by Gasteiger charge is -2.00. The van der Waals surface area contributed by atoms with Gasteiger partial charge in [0.1, 0.15) is 11.7 Å². The Morgan fingerprint density at radius 2 is 2.33 bits per heavy atom. The fourth-order valence-electron chi connectivity index (χ4n) is 1.83. The third kappa shape index (κ3) is 1.35. The summed E-state index contributed by atoms with van der Waals surface area (Å²) in [5, 5.41) is 9.98. The van der Waals surface area contributed by atoms with E-state index in [4.69, 9.17) is 5.26 Å². The van der Waals surface area contributed by atoms with Crippen molar-refractivity contribution < 1.29 is 0 Å². The summed E-state index contributed by atoms with van der Waals surface area (Å²) in [6.45, 7) is 0. The third-order valence-electron chi connectivity index (χ3n) is 2.70. The van der Waals surface area contributed by atoms with Gasteiger partial charge in [-0.15, -0.1) is 0 Å². The molecule has 0 aromatic carbocycles. The molecule has 4 heteroatoms. The van der Waals surface area contributed by atoms with Crippen molar-refractivity contribution in [1.29, 1.82) is 5.26 Å². The van der Waals surface area contributed by atoms with E-state index < -0.39 is 0 Å². The van der Waals surface area contributed by atoms with Gasteiger partial charge < -0.3 is 4.57 Å². The molecule has 1 saturated carbocycles. The molecule has 15 heavy (non-hydrogen) atoms. The van der Waals surface area contributed by atoms with Crippen LogP contribution in [-0.2, 0) is 0 Å². The molecule has 0 spiro atoms. The molecule has 3 rings (SSSR count). The summed E-state index contributed by atoms with van der Waals surface area (Å²) in [7, 11) is 0. The van der Waals surface area contributed by atoms with Crippen molar-refractivity contribution in [1.82, 2.24) is 9.55 Å². The Bertz CT molecular complexity index is 575. The van der Waals surface area contributed by atoms with Gasteiger partial charge in [0.25, 0.3) is 0 Å². The van der Waals surface area contributed by atoms with Gasteiger partial charge >= 0.3 is 0 Å². The third-order valence-corrected chi connectivity index (χ3v) is 3.13. The minimum absolute atomic E-state index is 0.559. The summed E-state index contributed by atoms with van der Waals surface area (Å²) in [5.74, 6) is 0. The number of aromatic nitrogens is 2. The van der Waals surface area contributed by atoms with Gasteiger partial charge in [-0.25, -0.2) is 4.98 Å². The highest BCUT2D eigenvalue weighted by atomic mass is 79.9. The van der Waals surface area contributed by atoms with Crippen LogP contribution in [-0.4, -0.2) is 9.55 Å². The van der Waals surface area contributed by atoms with E-state index in [1.54, 1.807) is 6.20 Å². The van der Waals surface area contributed by atoms with Crippen molar-refractivity contribution in [3.05, 3.63) is 28.5 Å². The number of nitrogens with zero attached hydrogens (tertiary/aromatic N) is 3. The molecule has 2 aromatic heterocycles. The van der Waals surface area contributed by atoms with Crippen LogP contribution in [0.3, 0.4) is 0 Å². The van der Waals surface area contributed by atoms with Gasteiger partial charge in [-0.3, -0.25) is 0 Å². The van der Waals surface area contributed by atoms with Crippen LogP contribution >= 0.6 is 15.9 Å². The Morgan fingerprint density at radius 3 is 3.00 bits per heavy atom. The molecule has 1 fully saturated rings. The number of nitriles is 1. The molecular weight excluding hydrogens is 254 g/mol. The second-order valence-corrected chi connectivity index (χ2v) is 4.73. The van der Waals surface area contributed by atoms with E-state index >= 15 is 0 Å². The van der Waals surface area contributed by atoms with Gasteiger partial charge in [0.2, 0.25) is 0 Å². The summed E-state index contributed by atoms with van der Waals surface area (Å²) < 4.78 is 3.04. The quantitative estimate of drug-likeness (QED) is 0.792. The molecule has 0 atom stereocenters. The summed E-state index contributed by atoms with van der Waals surface area (Å²) in [6, 6.07) is 4.74. The Balaban J connectivity index is 2.34. The van der Waals surface area contributed by atoms with Crippen LogP contribution in [0.4, 0.5) is 0 Å². The first-order chi connectivity index (χ1) is 7.29. The van der Waals surface area contributed by atoms with Crippen LogP contribution in [0.2, 0.25) is 0 Å². The summed E-state index contributed by atoms with van der Waals surface area (Å²) in [4.78, 5) is 4.38. The summed E-state index contributed by atoms with van der Waals surface area (Å²) in [5.41, 5.74) is 1.64. The molecular formula is C11H8BrN3. The number of halogens is 1. The standard InChI is InChI=1S/C11H8BrN3/c12-8-3-10-7(4-13)6-15(9-1-2-9)11(10)14-5-8/h3,5-6,9H,1-2H2. The highest BCUT2D eigenvalue weighted by Crippen LogP contribution is 2.38. The summed E-state index contributed by atoms with van der Waals surface area (Å²) in [6.07, 6.45) is 6.10. The minimum Gasteiger partial charge on any atom is -0.328 e. The number of pyridine rings is 1. The van der Waals surface area contributed by atoms with E-state index in [1.807, 2.05) is 12.3 Å². The van der Waals surface area contributed by atoms with Crippen LogP contribution in [0.5, 0.6) is 0 Å². The van der Waals surface area contributed by atoms with Crippen molar-refractivity contribution in [3.8, 4) is 6.07 Å². The largest absolute Gasteiger partial charge is 0.328 e. The van der Waals surface area contributed by atoms with E-state index in [2.05, 4.69) is 31.6 Å². The lowest BCUT2D eigenvalue weighted by atomic mass is 10.2. The molecule has 2 heterocycles. The molecule has 0 unspecified atom stereocenters. The zero-order chi connectivity index (χ0) is 10.4. The van der Waals surface area contributed by atoms with Crippen molar-refractivity contribution >= 4 is 27.0 Å². The molecule has 0 radical (unpaired) electrons. The Labute approximate surface area is 95.5 Å². The predicted molar refractivity (Wildman–Crippen MR) is 60.4 cm³/mol. The Hall–Kier alpha value is -1.34. The van der Waals surface area contributed by atoms with Crippen LogP contribution in [0, 0.1) is 11.3 Å². The van der Waals surface area contributed by atoms with E-state index in [0.29, 0.717) is 11.6 Å². The van der Waals surface area contributed by atoms with Gasteiger partial charge in [0.15, 0.2) is 0 Å². The number of hydrogen-bond acceptors (Lipinski definition) is 2. The monoisotopic (exact) mass is 261 g/mol. The predicted octanol–water partition coefficient (Wildman–Crippen LogP) is 3.01. The number of rotatable bonds is 1. The maximum Gasteiger partial charge on any atom is 0.141 e. The van der Waals surface area contributed by atoms with E-state index in [9.17, 15) is 0 Å². The average molecular weight is 262 g/mol. The smallest absolute Gasteiger partial charge is 0.141 e. The number of fused-ring (bicyclic) bond motifs is 1. The van der Waals surface area contributed by atoms with Gasteiger partial charge in [0.05, 0.1) is 5.56 Å². The molecule has 0 aliphatic heterocycles. The fraction of sp³-hybridized carbons (Fsp3) is 0.273. The van der Waals surface area contributed by atoms with Crippen LogP contribution < -0.4 is 0 Å². The van der Waals surface area contributed by atoms with Gasteiger partial charge in [-0.1, -0.05) is 0 Å². The van der Waals surface area contributed by atoms with Crippen molar-refractivity contribution in [2.45, 2.75) is 18.9 Å². The first-order valence-corrected chi connectivity index (χ1v) is 5.65. The van der Waals surface area contributed by atoms with Gasteiger partial charge in [-0.05, 0) is 34.8 Å².